The molecule has 0 heterocycles. The van der Waals surface area contributed by atoms with Gasteiger partial charge in [-0.15, -0.1) is 0 Å². The number of hydrogen-bond donors (Lipinski definition) is 1. The molecule has 0 spiro atoms. The third kappa shape index (κ3) is 5.38. The fourth-order valence-corrected chi connectivity index (χ4v) is 2.10. The number of nitrogens with zero attached hydrogens (tertiary/aromatic N) is 1. The van der Waals surface area contributed by atoms with Crippen LogP contribution in [0.4, 0.5) is 5.69 Å². The molecule has 0 fully saturated rings. The molecule has 0 aliphatic carbocycles. The van der Waals surface area contributed by atoms with Crippen molar-refractivity contribution in [2.24, 2.45) is 0 Å². The molecule has 0 bridgehead atoms. The molecule has 0 saturated heterocycles. The number of carbonyl (C=O) groups is 1. The summed E-state index contributed by atoms with van der Waals surface area (Å²) in [7, 11) is 1.66. The van der Waals surface area contributed by atoms with E-state index in [1.165, 1.54) is 0 Å². The summed E-state index contributed by atoms with van der Waals surface area (Å²) in [5.41, 5.74) is 1.79. The third-order valence-corrected chi connectivity index (χ3v) is 3.63. The molecule has 1 amide bonds. The minimum absolute atomic E-state index is 0.0726. The number of hydrogen-bond acceptors (Lipinski definition) is 3. The highest BCUT2D eigenvalue weighted by atomic mass is 16.5. The molecule has 1 N–H and O–H groups in total. The maximum atomic E-state index is 12.6. The van der Waals surface area contributed by atoms with Crippen LogP contribution in [0.2, 0.25) is 0 Å². The smallest absolute Gasteiger partial charge is 0.254 e. The molecule has 0 aliphatic heterocycles. The highest BCUT2D eigenvalue weighted by molar-refractivity contribution is 5.94. The standard InChI is InChI=1S/C17H28N2O2/c1-5-11-18-16-9-7-15(8-10-16)17(20)19(12-13-21-4)14(3)6-2/h7-10,14,18H,5-6,11-13H2,1-4H3. The molecule has 0 aliphatic rings. The van der Waals surface area contributed by atoms with Crippen molar-refractivity contribution in [2.75, 3.05) is 32.1 Å². The minimum Gasteiger partial charge on any atom is -0.385 e. The molecule has 1 aromatic carbocycles. The summed E-state index contributed by atoms with van der Waals surface area (Å²) in [5.74, 6) is 0.0726. The van der Waals surface area contributed by atoms with Crippen LogP contribution >= 0.6 is 0 Å². The molecule has 1 atom stereocenters. The van der Waals surface area contributed by atoms with E-state index in [2.05, 4.69) is 26.1 Å². The quantitative estimate of drug-likeness (QED) is 0.758. The first-order chi connectivity index (χ1) is 10.1. The second kappa shape index (κ2) is 9.40. The molecular formula is C17H28N2O2. The first-order valence-electron chi connectivity index (χ1n) is 7.77. The van der Waals surface area contributed by atoms with Gasteiger partial charge in [-0.1, -0.05) is 13.8 Å². The topological polar surface area (TPSA) is 41.6 Å². The Labute approximate surface area is 128 Å². The van der Waals surface area contributed by atoms with Crippen LogP contribution in [0.3, 0.4) is 0 Å². The molecule has 0 saturated carbocycles. The zero-order valence-electron chi connectivity index (χ0n) is 13.7. The van der Waals surface area contributed by atoms with Crippen LogP contribution in [-0.2, 0) is 4.74 Å². The van der Waals surface area contributed by atoms with Gasteiger partial charge in [0.15, 0.2) is 0 Å². The molecule has 0 aromatic heterocycles. The minimum atomic E-state index is 0.0726. The average molecular weight is 292 g/mol. The van der Waals surface area contributed by atoms with Crippen LogP contribution < -0.4 is 5.32 Å². The van der Waals surface area contributed by atoms with Crippen LogP contribution in [0, 0.1) is 0 Å². The molecule has 0 radical (unpaired) electrons. The van der Waals surface area contributed by atoms with Crippen LogP contribution in [0.5, 0.6) is 0 Å². The monoisotopic (exact) mass is 292 g/mol. The molecule has 1 unspecified atom stereocenters. The fraction of sp³-hybridized carbons (Fsp3) is 0.588. The fourth-order valence-electron chi connectivity index (χ4n) is 2.10. The Bertz CT molecular complexity index is 417. The van der Waals surface area contributed by atoms with Crippen molar-refractivity contribution in [3.8, 4) is 0 Å². The van der Waals surface area contributed by atoms with Gasteiger partial charge >= 0.3 is 0 Å². The molecule has 118 valence electrons. The summed E-state index contributed by atoms with van der Waals surface area (Å²) < 4.78 is 5.11. The Morgan fingerprint density at radius 1 is 1.29 bits per heavy atom. The van der Waals surface area contributed by atoms with Gasteiger partial charge < -0.3 is 15.0 Å². The van der Waals surface area contributed by atoms with E-state index >= 15 is 0 Å². The second-order valence-electron chi connectivity index (χ2n) is 5.25. The second-order valence-corrected chi connectivity index (χ2v) is 5.25. The van der Waals surface area contributed by atoms with Gasteiger partial charge in [0, 0.05) is 37.5 Å². The zero-order chi connectivity index (χ0) is 15.7. The number of benzene rings is 1. The van der Waals surface area contributed by atoms with E-state index in [0.29, 0.717) is 13.2 Å². The number of amides is 1. The van der Waals surface area contributed by atoms with Crippen molar-refractivity contribution < 1.29 is 9.53 Å². The summed E-state index contributed by atoms with van der Waals surface area (Å²) in [6, 6.07) is 7.93. The molecular weight excluding hydrogens is 264 g/mol. The summed E-state index contributed by atoms with van der Waals surface area (Å²) in [6.45, 7) is 8.43. The van der Waals surface area contributed by atoms with E-state index in [-0.39, 0.29) is 11.9 Å². The third-order valence-electron chi connectivity index (χ3n) is 3.63. The summed E-state index contributed by atoms with van der Waals surface area (Å²) in [6.07, 6.45) is 2.02. The molecule has 1 aromatic rings. The lowest BCUT2D eigenvalue weighted by Crippen LogP contribution is -2.40. The largest absolute Gasteiger partial charge is 0.385 e. The number of carbonyl (C=O) groups excluding carboxylic acids is 1. The molecule has 1 rings (SSSR count). The Balaban J connectivity index is 2.77. The van der Waals surface area contributed by atoms with E-state index in [1.54, 1.807) is 7.11 Å². The summed E-state index contributed by atoms with van der Waals surface area (Å²) >= 11 is 0. The van der Waals surface area contributed by atoms with Crippen molar-refractivity contribution in [1.82, 2.24) is 4.90 Å². The highest BCUT2D eigenvalue weighted by Gasteiger charge is 2.19. The van der Waals surface area contributed by atoms with Gasteiger partial charge in [-0.05, 0) is 44.0 Å². The SMILES string of the molecule is CCCNc1ccc(C(=O)N(CCOC)C(C)CC)cc1. The van der Waals surface area contributed by atoms with Crippen molar-refractivity contribution in [3.05, 3.63) is 29.8 Å². The first kappa shape index (κ1) is 17.5. The Hall–Kier alpha value is -1.55. The van der Waals surface area contributed by atoms with Gasteiger partial charge in [-0.25, -0.2) is 0 Å². The number of nitrogens with one attached hydrogen (secondary N) is 1. The van der Waals surface area contributed by atoms with Crippen LogP contribution in [0.25, 0.3) is 0 Å². The van der Waals surface area contributed by atoms with Gasteiger partial charge in [0.05, 0.1) is 6.61 Å². The lowest BCUT2D eigenvalue weighted by Gasteiger charge is -2.28. The van der Waals surface area contributed by atoms with Crippen molar-refractivity contribution in [3.63, 3.8) is 0 Å². The molecule has 21 heavy (non-hydrogen) atoms. The van der Waals surface area contributed by atoms with Gasteiger partial charge in [0.25, 0.3) is 5.91 Å². The van der Waals surface area contributed by atoms with Crippen LogP contribution in [0.1, 0.15) is 44.0 Å². The van der Waals surface area contributed by atoms with E-state index in [1.807, 2.05) is 29.2 Å². The lowest BCUT2D eigenvalue weighted by atomic mass is 10.1. The predicted octanol–water partition coefficient (Wildman–Crippen LogP) is 3.40. The summed E-state index contributed by atoms with van der Waals surface area (Å²) in [5, 5.41) is 3.31. The number of anilines is 1. The normalized spacial score (nSPS) is 12.0. The highest BCUT2D eigenvalue weighted by Crippen LogP contribution is 2.14. The Morgan fingerprint density at radius 2 is 1.95 bits per heavy atom. The van der Waals surface area contributed by atoms with Gasteiger partial charge in [0.2, 0.25) is 0 Å². The zero-order valence-corrected chi connectivity index (χ0v) is 13.7. The van der Waals surface area contributed by atoms with E-state index < -0.39 is 0 Å². The van der Waals surface area contributed by atoms with Crippen molar-refractivity contribution in [1.29, 1.82) is 0 Å². The number of rotatable bonds is 9. The van der Waals surface area contributed by atoms with E-state index in [9.17, 15) is 4.79 Å². The average Bonchev–Trinajstić information content (AvgIpc) is 2.53. The first-order valence-corrected chi connectivity index (χ1v) is 7.77. The summed E-state index contributed by atoms with van der Waals surface area (Å²) in [4.78, 5) is 14.5. The number of ether oxygens (including phenoxy) is 1. The van der Waals surface area contributed by atoms with Gasteiger partial charge in [-0.2, -0.15) is 0 Å². The van der Waals surface area contributed by atoms with Crippen LogP contribution in [0.15, 0.2) is 24.3 Å². The number of methoxy groups -OCH3 is 1. The molecule has 4 nitrogen and oxygen atoms in total. The maximum absolute atomic E-state index is 12.6. The predicted molar refractivity (Wildman–Crippen MR) is 87.9 cm³/mol. The molecule has 4 heteroatoms. The van der Waals surface area contributed by atoms with E-state index in [0.717, 1.165) is 30.6 Å². The Morgan fingerprint density at radius 3 is 2.48 bits per heavy atom. The van der Waals surface area contributed by atoms with Crippen molar-refractivity contribution in [2.45, 2.75) is 39.7 Å². The lowest BCUT2D eigenvalue weighted by molar-refractivity contribution is 0.0614. The van der Waals surface area contributed by atoms with E-state index in [4.69, 9.17) is 4.74 Å². The Kier molecular flexibility index (Phi) is 7.83. The van der Waals surface area contributed by atoms with Crippen molar-refractivity contribution >= 4 is 11.6 Å². The van der Waals surface area contributed by atoms with Gasteiger partial charge in [0.1, 0.15) is 0 Å². The van der Waals surface area contributed by atoms with Gasteiger partial charge in [-0.3, -0.25) is 4.79 Å². The maximum Gasteiger partial charge on any atom is 0.254 e. The van der Waals surface area contributed by atoms with Crippen LogP contribution in [-0.4, -0.2) is 43.7 Å².